The fraction of sp³-hybridized carbons (Fsp3) is 0.500. The number of carbonyl (C=O) groups excluding carboxylic acids is 2. The summed E-state index contributed by atoms with van der Waals surface area (Å²) in [6, 6.07) is 8.88. The summed E-state index contributed by atoms with van der Waals surface area (Å²) in [6.07, 6.45) is 1.27. The first-order chi connectivity index (χ1) is 10.5. The van der Waals surface area contributed by atoms with E-state index in [9.17, 15) is 14.7 Å². The number of rotatable bonds is 3. The second kappa shape index (κ2) is 5.70. The van der Waals surface area contributed by atoms with Crippen molar-refractivity contribution in [1.82, 2.24) is 15.1 Å². The first-order valence-electron chi connectivity index (χ1n) is 7.61. The molecule has 0 radical (unpaired) electrons. The molecule has 3 rings (SSSR count). The third-order valence-corrected chi connectivity index (χ3v) is 4.45. The Labute approximate surface area is 129 Å². The van der Waals surface area contributed by atoms with E-state index in [4.69, 9.17) is 0 Å². The monoisotopic (exact) mass is 303 g/mol. The summed E-state index contributed by atoms with van der Waals surface area (Å²) in [5.74, 6) is -0.247. The number of likely N-dealkylation sites (tertiary alicyclic amines) is 1. The number of amides is 3. The van der Waals surface area contributed by atoms with E-state index in [-0.39, 0.29) is 24.7 Å². The van der Waals surface area contributed by atoms with Gasteiger partial charge in [0.25, 0.3) is 5.91 Å². The number of aliphatic hydroxyl groups excluding tert-OH is 1. The SMILES string of the molecule is C[C@]1(c2ccccc2)NC(=O)N(CN2CCC[C@H](O)C2)C1=O. The number of nitrogens with one attached hydrogen (secondary N) is 1. The van der Waals surface area contributed by atoms with Gasteiger partial charge < -0.3 is 10.4 Å². The second-order valence-electron chi connectivity index (χ2n) is 6.17. The number of piperidine rings is 1. The van der Waals surface area contributed by atoms with E-state index < -0.39 is 5.54 Å². The van der Waals surface area contributed by atoms with Crippen molar-refractivity contribution in [3.63, 3.8) is 0 Å². The molecule has 6 heteroatoms. The van der Waals surface area contributed by atoms with Crippen molar-refractivity contribution in [3.05, 3.63) is 35.9 Å². The van der Waals surface area contributed by atoms with Crippen molar-refractivity contribution in [2.24, 2.45) is 0 Å². The summed E-state index contributed by atoms with van der Waals surface area (Å²) >= 11 is 0. The Hall–Kier alpha value is -1.92. The molecule has 22 heavy (non-hydrogen) atoms. The van der Waals surface area contributed by atoms with Crippen LogP contribution in [0.15, 0.2) is 30.3 Å². The van der Waals surface area contributed by atoms with Crippen LogP contribution in [0.5, 0.6) is 0 Å². The highest BCUT2D eigenvalue weighted by Crippen LogP contribution is 2.29. The van der Waals surface area contributed by atoms with Crippen LogP contribution in [0.4, 0.5) is 4.79 Å². The van der Waals surface area contributed by atoms with Crippen molar-refractivity contribution in [1.29, 1.82) is 0 Å². The van der Waals surface area contributed by atoms with Gasteiger partial charge in [-0.05, 0) is 25.3 Å². The number of hydrogen-bond donors (Lipinski definition) is 2. The van der Waals surface area contributed by atoms with Gasteiger partial charge in [-0.25, -0.2) is 9.69 Å². The molecule has 2 saturated heterocycles. The minimum Gasteiger partial charge on any atom is -0.392 e. The van der Waals surface area contributed by atoms with Crippen molar-refractivity contribution in [2.75, 3.05) is 19.8 Å². The first-order valence-corrected chi connectivity index (χ1v) is 7.61. The van der Waals surface area contributed by atoms with Crippen molar-refractivity contribution < 1.29 is 14.7 Å². The van der Waals surface area contributed by atoms with Gasteiger partial charge in [-0.2, -0.15) is 0 Å². The van der Waals surface area contributed by atoms with Crippen LogP contribution in [0, 0.1) is 0 Å². The summed E-state index contributed by atoms with van der Waals surface area (Å²) in [7, 11) is 0. The molecule has 1 aromatic rings. The van der Waals surface area contributed by atoms with Crippen LogP contribution >= 0.6 is 0 Å². The van der Waals surface area contributed by atoms with E-state index in [1.807, 2.05) is 35.2 Å². The van der Waals surface area contributed by atoms with Crippen LogP contribution in [0.1, 0.15) is 25.3 Å². The van der Waals surface area contributed by atoms with Crippen LogP contribution in [-0.4, -0.2) is 52.7 Å². The lowest BCUT2D eigenvalue weighted by Crippen LogP contribution is -2.47. The van der Waals surface area contributed by atoms with E-state index in [0.29, 0.717) is 6.54 Å². The van der Waals surface area contributed by atoms with E-state index in [1.54, 1.807) is 6.92 Å². The lowest BCUT2D eigenvalue weighted by atomic mass is 9.92. The molecule has 1 aromatic carbocycles. The molecule has 2 heterocycles. The molecular formula is C16H21N3O3. The molecule has 0 unspecified atom stereocenters. The minimum absolute atomic E-state index is 0.226. The van der Waals surface area contributed by atoms with Crippen molar-refractivity contribution in [3.8, 4) is 0 Å². The predicted molar refractivity (Wildman–Crippen MR) is 80.9 cm³/mol. The summed E-state index contributed by atoms with van der Waals surface area (Å²) in [4.78, 5) is 28.2. The summed E-state index contributed by atoms with van der Waals surface area (Å²) in [5.41, 5.74) is -0.248. The zero-order valence-corrected chi connectivity index (χ0v) is 12.7. The van der Waals surface area contributed by atoms with Crippen LogP contribution in [0.2, 0.25) is 0 Å². The van der Waals surface area contributed by atoms with Gasteiger partial charge in [0.1, 0.15) is 5.54 Å². The van der Waals surface area contributed by atoms with Gasteiger partial charge in [0.15, 0.2) is 0 Å². The Bertz CT molecular complexity index is 577. The van der Waals surface area contributed by atoms with Crippen LogP contribution < -0.4 is 5.32 Å². The normalized spacial score (nSPS) is 29.7. The summed E-state index contributed by atoms with van der Waals surface area (Å²) < 4.78 is 0. The van der Waals surface area contributed by atoms with Crippen LogP contribution in [0.3, 0.4) is 0 Å². The number of hydrogen-bond acceptors (Lipinski definition) is 4. The average molecular weight is 303 g/mol. The Morgan fingerprint density at radius 3 is 2.73 bits per heavy atom. The van der Waals surface area contributed by atoms with Gasteiger partial charge in [-0.3, -0.25) is 9.69 Å². The predicted octanol–water partition coefficient (Wildman–Crippen LogP) is 0.868. The highest BCUT2D eigenvalue weighted by Gasteiger charge is 2.49. The first kappa shape index (κ1) is 15.0. The molecule has 0 bridgehead atoms. The average Bonchev–Trinajstić information content (AvgIpc) is 2.73. The molecule has 6 nitrogen and oxygen atoms in total. The van der Waals surface area contributed by atoms with E-state index in [2.05, 4.69) is 5.32 Å². The summed E-state index contributed by atoms with van der Waals surface area (Å²) in [6.45, 7) is 3.24. The van der Waals surface area contributed by atoms with E-state index in [1.165, 1.54) is 4.90 Å². The molecule has 0 saturated carbocycles. The van der Waals surface area contributed by atoms with Gasteiger partial charge in [0.2, 0.25) is 0 Å². The van der Waals surface area contributed by atoms with Gasteiger partial charge in [-0.15, -0.1) is 0 Å². The van der Waals surface area contributed by atoms with Crippen molar-refractivity contribution in [2.45, 2.75) is 31.4 Å². The molecule has 0 aromatic heterocycles. The van der Waals surface area contributed by atoms with Gasteiger partial charge in [0, 0.05) is 13.1 Å². The van der Waals surface area contributed by atoms with Crippen LogP contribution in [0.25, 0.3) is 0 Å². The number of imide groups is 1. The van der Waals surface area contributed by atoms with Crippen LogP contribution in [-0.2, 0) is 10.3 Å². The number of carbonyl (C=O) groups is 2. The fourth-order valence-corrected chi connectivity index (χ4v) is 3.15. The largest absolute Gasteiger partial charge is 0.392 e. The molecule has 2 atom stereocenters. The molecule has 118 valence electrons. The Morgan fingerprint density at radius 1 is 1.32 bits per heavy atom. The maximum Gasteiger partial charge on any atom is 0.326 e. The van der Waals surface area contributed by atoms with E-state index in [0.717, 1.165) is 24.9 Å². The molecule has 0 spiro atoms. The zero-order valence-electron chi connectivity index (χ0n) is 12.7. The highest BCUT2D eigenvalue weighted by molar-refractivity contribution is 6.07. The lowest BCUT2D eigenvalue weighted by molar-refractivity contribution is -0.133. The lowest BCUT2D eigenvalue weighted by Gasteiger charge is -2.32. The minimum atomic E-state index is -1.02. The van der Waals surface area contributed by atoms with Gasteiger partial charge in [-0.1, -0.05) is 30.3 Å². The molecule has 3 amide bonds. The van der Waals surface area contributed by atoms with Gasteiger partial charge in [0.05, 0.1) is 12.8 Å². The maximum absolute atomic E-state index is 12.7. The third kappa shape index (κ3) is 2.60. The highest BCUT2D eigenvalue weighted by atomic mass is 16.3. The second-order valence-corrected chi connectivity index (χ2v) is 6.17. The molecule has 2 aliphatic rings. The van der Waals surface area contributed by atoms with Gasteiger partial charge >= 0.3 is 6.03 Å². The molecule has 2 fully saturated rings. The zero-order chi connectivity index (χ0) is 15.7. The number of β-amino-alcohol motifs (C(OH)–C–C–N with tert-alkyl or cyclic N) is 1. The Balaban J connectivity index is 1.77. The Kier molecular flexibility index (Phi) is 3.88. The number of urea groups is 1. The Morgan fingerprint density at radius 2 is 2.05 bits per heavy atom. The van der Waals surface area contributed by atoms with Crippen molar-refractivity contribution >= 4 is 11.9 Å². The molecular weight excluding hydrogens is 282 g/mol. The number of nitrogens with zero attached hydrogens (tertiary/aromatic N) is 2. The molecule has 2 aliphatic heterocycles. The van der Waals surface area contributed by atoms with E-state index >= 15 is 0 Å². The fourth-order valence-electron chi connectivity index (χ4n) is 3.15. The molecule has 2 N–H and O–H groups in total. The molecule has 0 aliphatic carbocycles. The standard InChI is InChI=1S/C16H21N3O3/c1-16(12-6-3-2-4-7-12)14(21)19(15(22)17-16)11-18-9-5-8-13(20)10-18/h2-4,6-7,13,20H,5,8-11H2,1H3,(H,17,22)/t13-,16+/m0/s1. The smallest absolute Gasteiger partial charge is 0.326 e. The topological polar surface area (TPSA) is 72.9 Å². The maximum atomic E-state index is 12.7. The number of benzene rings is 1. The summed E-state index contributed by atoms with van der Waals surface area (Å²) in [5, 5.41) is 12.5. The third-order valence-electron chi connectivity index (χ3n) is 4.45. The quantitative estimate of drug-likeness (QED) is 0.813. The number of aliphatic hydroxyl groups is 1.